The molecule has 0 aliphatic rings. The number of benzene rings is 2. The summed E-state index contributed by atoms with van der Waals surface area (Å²) in [4.78, 5) is 40.5. The molecule has 156 valence electrons. The number of carbonyl (C=O) groups is 2. The Hall–Kier alpha value is -4.27. The molecule has 0 aliphatic carbocycles. The molecule has 0 bridgehead atoms. The van der Waals surface area contributed by atoms with E-state index >= 15 is 0 Å². The van der Waals surface area contributed by atoms with Gasteiger partial charge >= 0.3 is 0 Å². The quantitative estimate of drug-likeness (QED) is 0.502. The predicted molar refractivity (Wildman–Crippen MR) is 117 cm³/mol. The molecule has 0 aliphatic heterocycles. The molecule has 9 nitrogen and oxygen atoms in total. The van der Waals surface area contributed by atoms with Gasteiger partial charge in [-0.2, -0.15) is 5.10 Å². The highest BCUT2D eigenvalue weighted by atomic mass is 16.2. The molecule has 0 fully saturated rings. The summed E-state index contributed by atoms with van der Waals surface area (Å²) in [5.74, 6) is -0.402. The predicted octanol–water partition coefficient (Wildman–Crippen LogP) is 2.57. The molecule has 0 atom stereocenters. The first-order valence-electron chi connectivity index (χ1n) is 9.67. The maximum absolute atomic E-state index is 12.8. The van der Waals surface area contributed by atoms with E-state index in [4.69, 9.17) is 0 Å². The fourth-order valence-electron chi connectivity index (χ4n) is 3.15. The molecule has 2 N–H and O–H groups in total. The highest BCUT2D eigenvalue weighted by Gasteiger charge is 2.12. The second-order valence-corrected chi connectivity index (χ2v) is 6.93. The van der Waals surface area contributed by atoms with E-state index in [0.29, 0.717) is 22.4 Å². The van der Waals surface area contributed by atoms with E-state index < -0.39 is 0 Å². The smallest absolute Gasteiger partial charge is 0.264 e. The fourth-order valence-corrected chi connectivity index (χ4v) is 3.15. The van der Waals surface area contributed by atoms with Crippen LogP contribution in [0.4, 0.5) is 11.4 Å². The van der Waals surface area contributed by atoms with Crippen molar-refractivity contribution in [2.45, 2.75) is 19.9 Å². The van der Waals surface area contributed by atoms with Crippen LogP contribution in [-0.4, -0.2) is 31.1 Å². The van der Waals surface area contributed by atoms with Crippen molar-refractivity contribution < 1.29 is 9.59 Å². The van der Waals surface area contributed by atoms with Crippen LogP contribution >= 0.6 is 0 Å². The van der Waals surface area contributed by atoms with E-state index in [-0.39, 0.29) is 30.3 Å². The SMILES string of the molecule is CC(=O)Nc1ccc(NC(=O)CCn2cnc3c(cnn3-c3ccccc3)c2=O)cc1. The number of hydrogen-bond acceptors (Lipinski definition) is 5. The van der Waals surface area contributed by atoms with Crippen molar-refractivity contribution in [3.63, 3.8) is 0 Å². The lowest BCUT2D eigenvalue weighted by Gasteiger charge is -2.08. The van der Waals surface area contributed by atoms with Gasteiger partial charge in [0, 0.05) is 31.3 Å². The number of aryl methyl sites for hydroxylation is 1. The number of fused-ring (bicyclic) bond motifs is 1. The number of nitrogens with one attached hydrogen (secondary N) is 2. The fraction of sp³-hybridized carbons (Fsp3) is 0.136. The van der Waals surface area contributed by atoms with Gasteiger partial charge in [-0.3, -0.25) is 19.0 Å². The number of para-hydroxylation sites is 1. The molecule has 31 heavy (non-hydrogen) atoms. The van der Waals surface area contributed by atoms with Gasteiger partial charge in [0.2, 0.25) is 11.8 Å². The highest BCUT2D eigenvalue weighted by Crippen LogP contribution is 2.15. The first kappa shape index (κ1) is 20.0. The lowest BCUT2D eigenvalue weighted by atomic mass is 10.2. The number of rotatable bonds is 6. The van der Waals surface area contributed by atoms with E-state index in [2.05, 4.69) is 20.7 Å². The number of nitrogens with zero attached hydrogens (tertiary/aromatic N) is 4. The standard InChI is InChI=1S/C22H20N6O3/c1-15(29)25-16-7-9-17(10-8-16)26-20(30)11-12-27-14-23-21-19(22(27)31)13-24-28(21)18-5-3-2-4-6-18/h2-10,13-14H,11-12H2,1H3,(H,25,29)(H,26,30). The van der Waals surface area contributed by atoms with Crippen LogP contribution in [0.3, 0.4) is 0 Å². The molecule has 2 aromatic carbocycles. The first-order chi connectivity index (χ1) is 15.0. The zero-order chi connectivity index (χ0) is 21.8. The third kappa shape index (κ3) is 4.50. The summed E-state index contributed by atoms with van der Waals surface area (Å²) in [6.45, 7) is 1.62. The Kier molecular flexibility index (Phi) is 5.57. The molecule has 0 unspecified atom stereocenters. The second-order valence-electron chi connectivity index (χ2n) is 6.93. The van der Waals surface area contributed by atoms with Crippen molar-refractivity contribution >= 4 is 34.2 Å². The topological polar surface area (TPSA) is 111 Å². The van der Waals surface area contributed by atoms with Gasteiger partial charge in [-0.05, 0) is 36.4 Å². The Balaban J connectivity index is 1.43. The number of amides is 2. The van der Waals surface area contributed by atoms with Crippen molar-refractivity contribution in [1.29, 1.82) is 0 Å². The number of hydrogen-bond donors (Lipinski definition) is 2. The van der Waals surface area contributed by atoms with Crippen LogP contribution in [-0.2, 0) is 16.1 Å². The van der Waals surface area contributed by atoms with Crippen LogP contribution in [0.25, 0.3) is 16.7 Å². The molecule has 2 aromatic heterocycles. The lowest BCUT2D eigenvalue weighted by molar-refractivity contribution is -0.116. The third-order valence-electron chi connectivity index (χ3n) is 4.62. The molecule has 0 saturated carbocycles. The molecular formula is C22H20N6O3. The van der Waals surface area contributed by atoms with E-state index in [1.807, 2.05) is 30.3 Å². The Morgan fingerprint density at radius 2 is 1.65 bits per heavy atom. The van der Waals surface area contributed by atoms with Gasteiger partial charge in [0.25, 0.3) is 5.56 Å². The largest absolute Gasteiger partial charge is 0.326 e. The monoisotopic (exact) mass is 416 g/mol. The highest BCUT2D eigenvalue weighted by molar-refractivity contribution is 5.92. The van der Waals surface area contributed by atoms with E-state index in [1.165, 1.54) is 24.0 Å². The molecule has 2 heterocycles. The van der Waals surface area contributed by atoms with Gasteiger partial charge in [0.05, 0.1) is 18.2 Å². The second kappa shape index (κ2) is 8.62. The number of aromatic nitrogens is 4. The van der Waals surface area contributed by atoms with E-state index in [0.717, 1.165) is 5.69 Å². The molecule has 4 rings (SSSR count). The van der Waals surface area contributed by atoms with Crippen molar-refractivity contribution in [2.75, 3.05) is 10.6 Å². The number of anilines is 2. The minimum atomic E-state index is -0.250. The molecular weight excluding hydrogens is 396 g/mol. The van der Waals surface area contributed by atoms with Gasteiger partial charge in [-0.15, -0.1) is 0 Å². The Morgan fingerprint density at radius 3 is 2.32 bits per heavy atom. The molecule has 0 spiro atoms. The van der Waals surface area contributed by atoms with Crippen molar-refractivity contribution in [3.05, 3.63) is 77.5 Å². The Morgan fingerprint density at radius 1 is 0.968 bits per heavy atom. The van der Waals surface area contributed by atoms with Gasteiger partial charge in [0.1, 0.15) is 5.39 Å². The van der Waals surface area contributed by atoms with Crippen LogP contribution in [0.5, 0.6) is 0 Å². The summed E-state index contributed by atoms with van der Waals surface area (Å²) in [7, 11) is 0. The summed E-state index contributed by atoms with van der Waals surface area (Å²) < 4.78 is 3.01. The Labute approximate surface area is 177 Å². The lowest BCUT2D eigenvalue weighted by Crippen LogP contribution is -2.23. The minimum absolute atomic E-state index is 0.105. The summed E-state index contributed by atoms with van der Waals surface area (Å²) in [5.41, 5.74) is 2.28. The normalized spacial score (nSPS) is 10.7. The van der Waals surface area contributed by atoms with Crippen molar-refractivity contribution in [3.8, 4) is 5.69 Å². The third-order valence-corrected chi connectivity index (χ3v) is 4.62. The summed E-state index contributed by atoms with van der Waals surface area (Å²) in [5, 5.41) is 10.1. The van der Waals surface area contributed by atoms with E-state index in [1.54, 1.807) is 28.9 Å². The van der Waals surface area contributed by atoms with Crippen molar-refractivity contribution in [2.24, 2.45) is 0 Å². The van der Waals surface area contributed by atoms with Gasteiger partial charge < -0.3 is 10.6 Å². The van der Waals surface area contributed by atoms with Gasteiger partial charge in [0.15, 0.2) is 5.65 Å². The minimum Gasteiger partial charge on any atom is -0.326 e. The average Bonchev–Trinajstić information content (AvgIpc) is 3.20. The average molecular weight is 416 g/mol. The zero-order valence-corrected chi connectivity index (χ0v) is 16.8. The molecule has 4 aromatic rings. The summed E-state index contributed by atoms with van der Waals surface area (Å²) in [6, 6.07) is 16.2. The first-order valence-corrected chi connectivity index (χ1v) is 9.67. The van der Waals surface area contributed by atoms with Crippen LogP contribution in [0.15, 0.2) is 71.9 Å². The van der Waals surface area contributed by atoms with Gasteiger partial charge in [-0.1, -0.05) is 18.2 Å². The van der Waals surface area contributed by atoms with Crippen LogP contribution in [0.2, 0.25) is 0 Å². The van der Waals surface area contributed by atoms with E-state index in [9.17, 15) is 14.4 Å². The maximum Gasteiger partial charge on any atom is 0.264 e. The van der Waals surface area contributed by atoms with Crippen LogP contribution in [0, 0.1) is 0 Å². The molecule has 2 amide bonds. The maximum atomic E-state index is 12.8. The summed E-state index contributed by atoms with van der Waals surface area (Å²) >= 11 is 0. The molecule has 0 saturated heterocycles. The van der Waals surface area contributed by atoms with Crippen LogP contribution in [0.1, 0.15) is 13.3 Å². The molecule has 0 radical (unpaired) electrons. The van der Waals surface area contributed by atoms with Crippen molar-refractivity contribution in [1.82, 2.24) is 19.3 Å². The molecule has 9 heteroatoms. The van der Waals surface area contributed by atoms with Crippen LogP contribution < -0.4 is 16.2 Å². The van der Waals surface area contributed by atoms with Gasteiger partial charge in [-0.25, -0.2) is 9.67 Å². The number of carbonyl (C=O) groups excluding carboxylic acids is 2. The zero-order valence-electron chi connectivity index (χ0n) is 16.8. The Bertz CT molecular complexity index is 1290. The summed E-state index contributed by atoms with van der Waals surface area (Å²) in [6.07, 6.45) is 3.03.